The maximum Gasteiger partial charge on any atom is 0.133 e. The lowest BCUT2D eigenvalue weighted by molar-refractivity contribution is 0.790. The Morgan fingerprint density at radius 2 is 2.21 bits per heavy atom. The van der Waals surface area contributed by atoms with Crippen LogP contribution in [0.1, 0.15) is 18.7 Å². The molecule has 0 aromatic carbocycles. The monoisotopic (exact) mass is 288 g/mol. The maximum atomic E-state index is 5.75. The first kappa shape index (κ1) is 10.3. The van der Waals surface area contributed by atoms with E-state index in [0.717, 1.165) is 15.2 Å². The van der Waals surface area contributed by atoms with E-state index in [4.69, 9.17) is 5.73 Å². The lowest BCUT2D eigenvalue weighted by Crippen LogP contribution is -2.04. The molecule has 74 valence electrons. The molecule has 0 saturated carbocycles. The number of rotatable bonds is 2. The molecule has 0 radical (unpaired) electrons. The van der Waals surface area contributed by atoms with Crippen LogP contribution in [0, 0.1) is 0 Å². The van der Waals surface area contributed by atoms with Crippen LogP contribution in [0.5, 0.6) is 0 Å². The van der Waals surface area contributed by atoms with E-state index in [1.807, 2.05) is 12.3 Å². The van der Waals surface area contributed by atoms with E-state index < -0.39 is 0 Å². The van der Waals surface area contributed by atoms with Crippen molar-refractivity contribution < 1.29 is 0 Å². The number of hydrogen-bond acceptors (Lipinski definition) is 4. The Bertz CT molecular complexity index is 433. The second kappa shape index (κ2) is 4.10. The van der Waals surface area contributed by atoms with Gasteiger partial charge in [-0.05, 0) is 28.9 Å². The third-order valence-corrected chi connectivity index (χ3v) is 4.49. The fraction of sp³-hybridized carbons (Fsp3) is 0.222. The lowest BCUT2D eigenvalue weighted by Gasteiger charge is -1.96. The zero-order valence-electron chi connectivity index (χ0n) is 7.53. The predicted molar refractivity (Wildman–Crippen MR) is 65.7 cm³/mol. The Kier molecular flexibility index (Phi) is 3.02. The highest BCUT2D eigenvalue weighted by atomic mass is 79.9. The highest BCUT2D eigenvalue weighted by molar-refractivity contribution is 9.10. The summed E-state index contributed by atoms with van der Waals surface area (Å²) in [5.74, 6) is 0. The highest BCUT2D eigenvalue weighted by Gasteiger charge is 2.08. The van der Waals surface area contributed by atoms with Gasteiger partial charge in [0.15, 0.2) is 0 Å². The number of nitrogens with two attached hydrogens (primary N) is 1. The molecule has 5 heteroatoms. The molecular weight excluding hydrogens is 280 g/mol. The van der Waals surface area contributed by atoms with Crippen LogP contribution in [0.15, 0.2) is 21.3 Å². The molecule has 1 atom stereocenters. The van der Waals surface area contributed by atoms with Crippen molar-refractivity contribution in [1.29, 1.82) is 0 Å². The molecular formula is C9H9BrN2S2. The fourth-order valence-electron chi connectivity index (χ4n) is 1.03. The van der Waals surface area contributed by atoms with Gasteiger partial charge in [-0.3, -0.25) is 0 Å². The SMILES string of the molecule is CC(N)c1csc(-c2cc(Br)cs2)n1. The number of halogens is 1. The number of thiazole rings is 1. The normalized spacial score (nSPS) is 13.1. The minimum absolute atomic E-state index is 0.0170. The van der Waals surface area contributed by atoms with Crippen molar-refractivity contribution in [2.75, 3.05) is 0 Å². The van der Waals surface area contributed by atoms with Gasteiger partial charge in [0.05, 0.1) is 10.6 Å². The zero-order chi connectivity index (χ0) is 10.1. The lowest BCUT2D eigenvalue weighted by atomic mass is 10.3. The van der Waals surface area contributed by atoms with Crippen LogP contribution in [-0.2, 0) is 0 Å². The molecule has 0 bridgehead atoms. The van der Waals surface area contributed by atoms with Crippen molar-refractivity contribution in [3.63, 3.8) is 0 Å². The Morgan fingerprint density at radius 1 is 1.43 bits per heavy atom. The molecule has 0 aliphatic heterocycles. The van der Waals surface area contributed by atoms with E-state index in [-0.39, 0.29) is 6.04 Å². The van der Waals surface area contributed by atoms with Gasteiger partial charge in [-0.25, -0.2) is 4.98 Å². The topological polar surface area (TPSA) is 38.9 Å². The van der Waals surface area contributed by atoms with Gasteiger partial charge in [0.2, 0.25) is 0 Å². The summed E-state index contributed by atoms with van der Waals surface area (Å²) in [6.07, 6.45) is 0. The van der Waals surface area contributed by atoms with Gasteiger partial charge in [-0.1, -0.05) is 0 Å². The molecule has 0 amide bonds. The minimum atomic E-state index is 0.0170. The van der Waals surface area contributed by atoms with Gasteiger partial charge in [0, 0.05) is 21.3 Å². The molecule has 2 nitrogen and oxygen atoms in total. The van der Waals surface area contributed by atoms with Gasteiger partial charge < -0.3 is 5.73 Å². The molecule has 2 rings (SSSR count). The molecule has 0 aliphatic carbocycles. The van der Waals surface area contributed by atoms with Gasteiger partial charge >= 0.3 is 0 Å². The Labute approximate surface area is 98.9 Å². The average molecular weight is 289 g/mol. The van der Waals surface area contributed by atoms with Crippen molar-refractivity contribution in [1.82, 2.24) is 4.98 Å². The fourth-order valence-corrected chi connectivity index (χ4v) is 3.47. The van der Waals surface area contributed by atoms with Gasteiger partial charge in [0.25, 0.3) is 0 Å². The third-order valence-electron chi connectivity index (χ3n) is 1.77. The van der Waals surface area contributed by atoms with Crippen molar-refractivity contribution in [3.05, 3.63) is 27.0 Å². The molecule has 1 unspecified atom stereocenters. The Morgan fingerprint density at radius 3 is 2.71 bits per heavy atom. The van der Waals surface area contributed by atoms with Crippen molar-refractivity contribution in [2.45, 2.75) is 13.0 Å². The van der Waals surface area contributed by atoms with E-state index in [0.29, 0.717) is 0 Å². The van der Waals surface area contributed by atoms with Gasteiger partial charge in [-0.15, -0.1) is 22.7 Å². The largest absolute Gasteiger partial charge is 0.323 e. The number of nitrogens with zero attached hydrogens (tertiary/aromatic N) is 1. The zero-order valence-corrected chi connectivity index (χ0v) is 10.7. The molecule has 0 fully saturated rings. The smallest absolute Gasteiger partial charge is 0.133 e. The van der Waals surface area contributed by atoms with Crippen LogP contribution in [-0.4, -0.2) is 4.98 Å². The molecule has 2 aromatic heterocycles. The molecule has 0 spiro atoms. The van der Waals surface area contributed by atoms with E-state index in [9.17, 15) is 0 Å². The Hall–Kier alpha value is -0.230. The van der Waals surface area contributed by atoms with Gasteiger partial charge in [-0.2, -0.15) is 0 Å². The maximum absolute atomic E-state index is 5.75. The number of thiophene rings is 1. The summed E-state index contributed by atoms with van der Waals surface area (Å²) in [5.41, 5.74) is 6.72. The first-order valence-electron chi connectivity index (χ1n) is 4.12. The second-order valence-electron chi connectivity index (χ2n) is 3.00. The van der Waals surface area contributed by atoms with Crippen molar-refractivity contribution in [3.8, 4) is 9.88 Å². The van der Waals surface area contributed by atoms with Crippen molar-refractivity contribution in [2.24, 2.45) is 5.73 Å². The molecule has 0 saturated heterocycles. The molecule has 0 aliphatic rings. The molecule has 2 heterocycles. The van der Waals surface area contributed by atoms with E-state index in [1.54, 1.807) is 22.7 Å². The predicted octanol–water partition coefficient (Wildman–Crippen LogP) is 3.65. The van der Waals surface area contributed by atoms with Crippen LogP contribution < -0.4 is 5.73 Å². The summed E-state index contributed by atoms with van der Waals surface area (Å²) in [5, 5.41) is 5.13. The van der Waals surface area contributed by atoms with Crippen LogP contribution in [0.3, 0.4) is 0 Å². The number of hydrogen-bond donors (Lipinski definition) is 1. The summed E-state index contributed by atoms with van der Waals surface area (Å²) < 4.78 is 1.11. The first-order chi connectivity index (χ1) is 6.66. The quantitative estimate of drug-likeness (QED) is 0.916. The van der Waals surface area contributed by atoms with E-state index in [2.05, 4.69) is 32.4 Å². The summed E-state index contributed by atoms with van der Waals surface area (Å²) in [6, 6.07) is 2.09. The molecule has 2 aromatic rings. The minimum Gasteiger partial charge on any atom is -0.323 e. The third kappa shape index (κ3) is 2.06. The van der Waals surface area contributed by atoms with Crippen LogP contribution in [0.4, 0.5) is 0 Å². The molecule has 2 N–H and O–H groups in total. The van der Waals surface area contributed by atoms with E-state index >= 15 is 0 Å². The van der Waals surface area contributed by atoms with Gasteiger partial charge in [0.1, 0.15) is 5.01 Å². The summed E-state index contributed by atoms with van der Waals surface area (Å²) in [6.45, 7) is 1.95. The average Bonchev–Trinajstić information content (AvgIpc) is 2.70. The second-order valence-corrected chi connectivity index (χ2v) is 5.68. The summed E-state index contributed by atoms with van der Waals surface area (Å²) >= 11 is 6.76. The van der Waals surface area contributed by atoms with Crippen molar-refractivity contribution >= 4 is 38.6 Å². The van der Waals surface area contributed by atoms with Crippen LogP contribution in [0.25, 0.3) is 9.88 Å². The molecule has 14 heavy (non-hydrogen) atoms. The summed E-state index contributed by atoms with van der Waals surface area (Å²) in [4.78, 5) is 5.67. The first-order valence-corrected chi connectivity index (χ1v) is 6.67. The number of aromatic nitrogens is 1. The van der Waals surface area contributed by atoms with E-state index in [1.165, 1.54) is 4.88 Å². The van der Waals surface area contributed by atoms with Crippen LogP contribution >= 0.6 is 38.6 Å². The summed E-state index contributed by atoms with van der Waals surface area (Å²) in [7, 11) is 0. The Balaban J connectivity index is 2.33. The standard InChI is InChI=1S/C9H9BrN2S2/c1-5(11)7-4-14-9(12-7)8-2-6(10)3-13-8/h2-5H,11H2,1H3. The van der Waals surface area contributed by atoms with Crippen LogP contribution in [0.2, 0.25) is 0 Å². The highest BCUT2D eigenvalue weighted by Crippen LogP contribution is 2.32.